The SMILES string of the molecule is CCNC1(C(=O)OCC)CC1. The van der Waals surface area contributed by atoms with Crippen LogP contribution in [0.5, 0.6) is 0 Å². The number of carbonyl (C=O) groups is 1. The van der Waals surface area contributed by atoms with Crippen LogP contribution in [0.3, 0.4) is 0 Å². The Bertz CT molecular complexity index is 152. The maximum absolute atomic E-state index is 11.2. The van der Waals surface area contributed by atoms with Crippen molar-refractivity contribution in [2.45, 2.75) is 32.2 Å². The van der Waals surface area contributed by atoms with Gasteiger partial charge in [-0.05, 0) is 26.3 Å². The van der Waals surface area contributed by atoms with E-state index < -0.39 is 0 Å². The largest absolute Gasteiger partial charge is 0.465 e. The average molecular weight is 157 g/mol. The van der Waals surface area contributed by atoms with Crippen LogP contribution in [0.1, 0.15) is 26.7 Å². The van der Waals surface area contributed by atoms with E-state index in [-0.39, 0.29) is 11.5 Å². The maximum atomic E-state index is 11.2. The highest BCUT2D eigenvalue weighted by molar-refractivity contribution is 5.84. The molecule has 64 valence electrons. The summed E-state index contributed by atoms with van der Waals surface area (Å²) in [5, 5.41) is 3.14. The summed E-state index contributed by atoms with van der Waals surface area (Å²) in [5.41, 5.74) is -0.301. The van der Waals surface area contributed by atoms with Gasteiger partial charge in [0.1, 0.15) is 5.54 Å². The number of nitrogens with one attached hydrogen (secondary N) is 1. The Morgan fingerprint density at radius 1 is 1.55 bits per heavy atom. The van der Waals surface area contributed by atoms with Crippen molar-refractivity contribution in [2.75, 3.05) is 13.2 Å². The van der Waals surface area contributed by atoms with E-state index in [2.05, 4.69) is 5.32 Å². The van der Waals surface area contributed by atoms with E-state index in [1.54, 1.807) is 0 Å². The van der Waals surface area contributed by atoms with Crippen molar-refractivity contribution in [1.29, 1.82) is 0 Å². The quantitative estimate of drug-likeness (QED) is 0.610. The molecule has 1 saturated carbocycles. The highest BCUT2D eigenvalue weighted by Gasteiger charge is 2.50. The van der Waals surface area contributed by atoms with Gasteiger partial charge >= 0.3 is 5.97 Å². The number of carbonyl (C=O) groups excluding carboxylic acids is 1. The molecule has 1 fully saturated rings. The molecular weight excluding hydrogens is 142 g/mol. The number of hydrogen-bond acceptors (Lipinski definition) is 3. The highest BCUT2D eigenvalue weighted by atomic mass is 16.5. The van der Waals surface area contributed by atoms with Gasteiger partial charge in [-0.15, -0.1) is 0 Å². The second-order valence-electron chi connectivity index (χ2n) is 2.83. The molecule has 0 amide bonds. The number of ether oxygens (including phenoxy) is 1. The fourth-order valence-electron chi connectivity index (χ4n) is 1.19. The van der Waals surface area contributed by atoms with Gasteiger partial charge in [-0.25, -0.2) is 0 Å². The lowest BCUT2D eigenvalue weighted by Gasteiger charge is -2.13. The molecule has 0 saturated heterocycles. The van der Waals surface area contributed by atoms with E-state index in [1.165, 1.54) is 0 Å². The molecule has 0 atom stereocenters. The van der Waals surface area contributed by atoms with Crippen LogP contribution in [-0.2, 0) is 9.53 Å². The fraction of sp³-hybridized carbons (Fsp3) is 0.875. The maximum Gasteiger partial charge on any atom is 0.326 e. The van der Waals surface area contributed by atoms with Gasteiger partial charge in [0.15, 0.2) is 0 Å². The Hall–Kier alpha value is -0.570. The van der Waals surface area contributed by atoms with Crippen molar-refractivity contribution < 1.29 is 9.53 Å². The molecular formula is C8H15NO2. The van der Waals surface area contributed by atoms with Crippen LogP contribution in [0.4, 0.5) is 0 Å². The Labute approximate surface area is 67.1 Å². The normalized spacial score (nSPS) is 19.5. The molecule has 11 heavy (non-hydrogen) atoms. The Morgan fingerprint density at radius 2 is 2.18 bits per heavy atom. The van der Waals surface area contributed by atoms with E-state index >= 15 is 0 Å². The minimum Gasteiger partial charge on any atom is -0.465 e. The smallest absolute Gasteiger partial charge is 0.326 e. The third-order valence-electron chi connectivity index (χ3n) is 1.93. The molecule has 0 aliphatic heterocycles. The molecule has 1 rings (SSSR count). The molecule has 0 bridgehead atoms. The fourth-order valence-corrected chi connectivity index (χ4v) is 1.19. The van der Waals surface area contributed by atoms with Crippen LogP contribution in [0.15, 0.2) is 0 Å². The Balaban J connectivity index is 2.38. The highest BCUT2D eigenvalue weighted by Crippen LogP contribution is 2.36. The third kappa shape index (κ3) is 1.71. The summed E-state index contributed by atoms with van der Waals surface area (Å²) in [6, 6.07) is 0. The van der Waals surface area contributed by atoms with Crippen LogP contribution in [-0.4, -0.2) is 24.7 Å². The molecule has 0 unspecified atom stereocenters. The predicted octanol–water partition coefficient (Wildman–Crippen LogP) is 0.692. The number of rotatable bonds is 4. The zero-order valence-corrected chi connectivity index (χ0v) is 7.14. The van der Waals surface area contributed by atoms with Crippen molar-refractivity contribution in [3.05, 3.63) is 0 Å². The molecule has 1 aliphatic carbocycles. The second-order valence-corrected chi connectivity index (χ2v) is 2.83. The summed E-state index contributed by atoms with van der Waals surface area (Å²) >= 11 is 0. The minimum absolute atomic E-state index is 0.0816. The van der Waals surface area contributed by atoms with Gasteiger partial charge in [-0.3, -0.25) is 4.79 Å². The predicted molar refractivity (Wildman–Crippen MR) is 42.3 cm³/mol. The zero-order chi connectivity index (χ0) is 8.32. The lowest BCUT2D eigenvalue weighted by Crippen LogP contribution is -2.40. The van der Waals surface area contributed by atoms with E-state index in [0.717, 1.165) is 19.4 Å². The molecule has 1 aliphatic rings. The van der Waals surface area contributed by atoms with Crippen LogP contribution in [0.2, 0.25) is 0 Å². The number of hydrogen-bond donors (Lipinski definition) is 1. The topological polar surface area (TPSA) is 38.3 Å². The Morgan fingerprint density at radius 3 is 2.55 bits per heavy atom. The minimum atomic E-state index is -0.301. The molecule has 0 heterocycles. The van der Waals surface area contributed by atoms with Crippen molar-refractivity contribution in [3.63, 3.8) is 0 Å². The molecule has 0 aromatic rings. The average Bonchev–Trinajstić information content (AvgIpc) is 2.71. The monoisotopic (exact) mass is 157 g/mol. The van der Waals surface area contributed by atoms with Gasteiger partial charge in [0.05, 0.1) is 6.61 Å². The molecule has 0 aromatic heterocycles. The standard InChI is InChI=1S/C8H15NO2/c1-3-9-8(5-6-8)7(10)11-4-2/h9H,3-6H2,1-2H3. The third-order valence-corrected chi connectivity index (χ3v) is 1.93. The van der Waals surface area contributed by atoms with Gasteiger partial charge in [-0.2, -0.15) is 0 Å². The van der Waals surface area contributed by atoms with Crippen LogP contribution in [0.25, 0.3) is 0 Å². The van der Waals surface area contributed by atoms with Crippen molar-refractivity contribution >= 4 is 5.97 Å². The number of esters is 1. The van der Waals surface area contributed by atoms with Crippen LogP contribution >= 0.6 is 0 Å². The molecule has 0 radical (unpaired) electrons. The first kappa shape index (κ1) is 8.53. The number of likely N-dealkylation sites (N-methyl/N-ethyl adjacent to an activating group) is 1. The van der Waals surface area contributed by atoms with E-state index in [4.69, 9.17) is 4.74 Å². The molecule has 3 nitrogen and oxygen atoms in total. The summed E-state index contributed by atoms with van der Waals surface area (Å²) in [4.78, 5) is 11.2. The lowest BCUT2D eigenvalue weighted by atomic mass is 10.3. The molecule has 0 spiro atoms. The summed E-state index contributed by atoms with van der Waals surface area (Å²) < 4.78 is 4.92. The van der Waals surface area contributed by atoms with Gasteiger partial charge < -0.3 is 10.1 Å². The van der Waals surface area contributed by atoms with Gasteiger partial charge in [-0.1, -0.05) is 6.92 Å². The second kappa shape index (κ2) is 3.22. The van der Waals surface area contributed by atoms with E-state index in [0.29, 0.717) is 6.61 Å². The van der Waals surface area contributed by atoms with E-state index in [1.807, 2.05) is 13.8 Å². The van der Waals surface area contributed by atoms with E-state index in [9.17, 15) is 4.79 Å². The summed E-state index contributed by atoms with van der Waals surface area (Å²) in [7, 11) is 0. The summed E-state index contributed by atoms with van der Waals surface area (Å²) in [5.74, 6) is -0.0816. The van der Waals surface area contributed by atoms with Crippen molar-refractivity contribution in [1.82, 2.24) is 5.32 Å². The zero-order valence-electron chi connectivity index (χ0n) is 7.14. The summed E-state index contributed by atoms with van der Waals surface area (Å²) in [6.45, 7) is 5.14. The first-order chi connectivity index (χ1) is 5.25. The lowest BCUT2D eigenvalue weighted by molar-refractivity contribution is -0.146. The van der Waals surface area contributed by atoms with Gasteiger partial charge in [0.2, 0.25) is 0 Å². The Kier molecular flexibility index (Phi) is 2.49. The first-order valence-electron chi connectivity index (χ1n) is 4.17. The van der Waals surface area contributed by atoms with Gasteiger partial charge in [0, 0.05) is 0 Å². The summed E-state index contributed by atoms with van der Waals surface area (Å²) in [6.07, 6.45) is 1.86. The molecule has 1 N–H and O–H groups in total. The molecule has 0 aromatic carbocycles. The van der Waals surface area contributed by atoms with Crippen molar-refractivity contribution in [2.24, 2.45) is 0 Å². The van der Waals surface area contributed by atoms with Crippen molar-refractivity contribution in [3.8, 4) is 0 Å². The molecule has 3 heteroatoms. The first-order valence-corrected chi connectivity index (χ1v) is 4.17. The van der Waals surface area contributed by atoms with Gasteiger partial charge in [0.25, 0.3) is 0 Å². The van der Waals surface area contributed by atoms with Crippen LogP contribution in [0, 0.1) is 0 Å². The van der Waals surface area contributed by atoms with Crippen LogP contribution < -0.4 is 5.32 Å².